The van der Waals surface area contributed by atoms with Crippen molar-refractivity contribution in [1.29, 1.82) is 0 Å². The van der Waals surface area contributed by atoms with Gasteiger partial charge in [0.05, 0.1) is 5.92 Å². The van der Waals surface area contributed by atoms with Crippen LogP contribution in [-0.2, 0) is 17.6 Å². The van der Waals surface area contributed by atoms with E-state index in [-0.39, 0.29) is 0 Å². The zero-order valence-corrected chi connectivity index (χ0v) is 16.5. The van der Waals surface area contributed by atoms with E-state index in [1.165, 1.54) is 11.3 Å². The van der Waals surface area contributed by atoms with Crippen LogP contribution < -0.4 is 15.5 Å². The number of carbonyl (C=O) groups is 1. The zero-order valence-electron chi connectivity index (χ0n) is 16.5. The molecular weight excluding hydrogens is 352 g/mol. The van der Waals surface area contributed by atoms with Gasteiger partial charge in [0.25, 0.3) is 0 Å². The van der Waals surface area contributed by atoms with E-state index >= 15 is 0 Å². The van der Waals surface area contributed by atoms with Gasteiger partial charge in [-0.25, -0.2) is 4.98 Å². The predicted molar refractivity (Wildman–Crippen MR) is 112 cm³/mol. The van der Waals surface area contributed by atoms with Crippen LogP contribution in [0, 0.1) is 0 Å². The molecule has 28 heavy (non-hydrogen) atoms. The second-order valence-electron chi connectivity index (χ2n) is 7.91. The minimum atomic E-state index is -0.803. The summed E-state index contributed by atoms with van der Waals surface area (Å²) in [6.45, 7) is 6.83. The molecule has 2 heterocycles. The lowest BCUT2D eigenvalue weighted by molar-refractivity contribution is -0.138. The summed E-state index contributed by atoms with van der Waals surface area (Å²) in [5.41, 5.74) is 5.44. The molecule has 1 aromatic carbocycles. The number of aryl methyl sites for hydroxylation is 1. The molecule has 0 radical (unpaired) electrons. The van der Waals surface area contributed by atoms with Gasteiger partial charge < -0.3 is 20.6 Å². The Labute approximate surface area is 166 Å². The summed E-state index contributed by atoms with van der Waals surface area (Å²) in [7, 11) is 0. The molecule has 1 aliphatic heterocycles. The lowest BCUT2D eigenvalue weighted by Gasteiger charge is -2.33. The fourth-order valence-corrected chi connectivity index (χ4v) is 4.10. The lowest BCUT2D eigenvalue weighted by Crippen LogP contribution is -2.49. The lowest BCUT2D eigenvalue weighted by atomic mass is 10.0. The maximum absolute atomic E-state index is 11.2. The molecule has 1 aliphatic carbocycles. The van der Waals surface area contributed by atoms with Crippen molar-refractivity contribution in [2.24, 2.45) is 0 Å². The summed E-state index contributed by atoms with van der Waals surface area (Å²) in [5.74, 6) is -0.254. The van der Waals surface area contributed by atoms with Crippen LogP contribution in [0.25, 0.3) is 0 Å². The number of hydrogen-bond donors (Lipinski definition) is 3. The van der Waals surface area contributed by atoms with Gasteiger partial charge in [-0.15, -0.1) is 0 Å². The molecule has 2 aromatic rings. The topological polar surface area (TPSA) is 77.5 Å². The Morgan fingerprint density at radius 2 is 2.11 bits per heavy atom. The van der Waals surface area contributed by atoms with E-state index in [9.17, 15) is 9.90 Å². The maximum atomic E-state index is 11.2. The van der Waals surface area contributed by atoms with Crippen molar-refractivity contribution in [1.82, 2.24) is 10.3 Å². The largest absolute Gasteiger partial charge is 0.481 e. The average Bonchev–Trinajstić information content (AvgIpc) is 3.17. The van der Waals surface area contributed by atoms with Crippen LogP contribution in [-0.4, -0.2) is 41.7 Å². The number of anilines is 3. The summed E-state index contributed by atoms with van der Waals surface area (Å²) in [6.07, 6.45) is 3.24. The molecule has 2 aliphatic rings. The first-order valence-electron chi connectivity index (χ1n) is 10.1. The summed E-state index contributed by atoms with van der Waals surface area (Å²) in [4.78, 5) is 18.5. The quantitative estimate of drug-likeness (QED) is 0.739. The van der Waals surface area contributed by atoms with Crippen LogP contribution >= 0.6 is 0 Å². The number of nitrogens with one attached hydrogen (secondary N) is 2. The van der Waals surface area contributed by atoms with E-state index in [1.54, 1.807) is 6.92 Å². The minimum Gasteiger partial charge on any atom is -0.481 e. The molecular formula is C22H28N4O2. The number of fused-ring (bicyclic) bond motifs is 1. The van der Waals surface area contributed by atoms with Gasteiger partial charge in [-0.2, -0.15) is 0 Å². The van der Waals surface area contributed by atoms with Gasteiger partial charge in [-0.05, 0) is 56.4 Å². The van der Waals surface area contributed by atoms with Gasteiger partial charge in [0, 0.05) is 48.8 Å². The van der Waals surface area contributed by atoms with Crippen LogP contribution in [0.4, 0.5) is 17.2 Å². The molecule has 1 fully saturated rings. The highest BCUT2D eigenvalue weighted by Crippen LogP contribution is 2.33. The van der Waals surface area contributed by atoms with E-state index in [2.05, 4.69) is 28.5 Å². The molecule has 0 bridgehead atoms. The highest BCUT2D eigenvalue weighted by atomic mass is 16.4. The molecule has 6 nitrogen and oxygen atoms in total. The average molecular weight is 380 g/mol. The fraction of sp³-hybridized carbons (Fsp3) is 0.455. The van der Waals surface area contributed by atoms with Gasteiger partial charge >= 0.3 is 5.97 Å². The highest BCUT2D eigenvalue weighted by Gasteiger charge is 2.23. The smallest absolute Gasteiger partial charge is 0.310 e. The Hall–Kier alpha value is -2.60. The van der Waals surface area contributed by atoms with Crippen LogP contribution in [0.5, 0.6) is 0 Å². The van der Waals surface area contributed by atoms with Gasteiger partial charge in [0.15, 0.2) is 0 Å². The third-order valence-corrected chi connectivity index (χ3v) is 5.79. The summed E-state index contributed by atoms with van der Waals surface area (Å²) in [6, 6.07) is 10.3. The summed E-state index contributed by atoms with van der Waals surface area (Å²) < 4.78 is 0. The van der Waals surface area contributed by atoms with E-state index in [4.69, 9.17) is 4.98 Å². The number of hydrogen-bond acceptors (Lipinski definition) is 5. The monoisotopic (exact) mass is 380 g/mol. The summed E-state index contributed by atoms with van der Waals surface area (Å²) >= 11 is 0. The van der Waals surface area contributed by atoms with E-state index in [0.717, 1.165) is 61.7 Å². The number of carboxylic acid groups (broad SMARTS) is 1. The van der Waals surface area contributed by atoms with Gasteiger partial charge in [-0.3, -0.25) is 4.79 Å². The molecule has 3 N–H and O–H groups in total. The first-order valence-corrected chi connectivity index (χ1v) is 10.1. The molecule has 1 aromatic heterocycles. The van der Waals surface area contributed by atoms with Crippen molar-refractivity contribution < 1.29 is 9.90 Å². The number of piperazine rings is 1. The van der Waals surface area contributed by atoms with Crippen molar-refractivity contribution in [2.75, 3.05) is 29.9 Å². The molecule has 0 spiro atoms. The number of aliphatic carboxylic acids is 1. The van der Waals surface area contributed by atoms with Crippen LogP contribution in [0.1, 0.15) is 43.0 Å². The number of rotatable bonds is 5. The Morgan fingerprint density at radius 1 is 1.32 bits per heavy atom. The summed E-state index contributed by atoms with van der Waals surface area (Å²) in [5, 5.41) is 16.2. The van der Waals surface area contributed by atoms with Gasteiger partial charge in [0.1, 0.15) is 5.82 Å². The normalized spacial score (nSPS) is 19.9. The molecule has 148 valence electrons. The second kappa shape index (κ2) is 7.80. The first-order chi connectivity index (χ1) is 13.5. The Balaban J connectivity index is 1.59. The van der Waals surface area contributed by atoms with Gasteiger partial charge in [-0.1, -0.05) is 12.1 Å². The van der Waals surface area contributed by atoms with E-state index < -0.39 is 11.9 Å². The van der Waals surface area contributed by atoms with Crippen molar-refractivity contribution in [3.63, 3.8) is 0 Å². The number of pyridine rings is 1. The Bertz CT molecular complexity index is 866. The van der Waals surface area contributed by atoms with Crippen LogP contribution in [0.2, 0.25) is 0 Å². The molecule has 1 saturated heterocycles. The standard InChI is InChI=1S/C22H28N4O2/c1-14-13-26(11-10-23-14)21-12-20(18-4-3-5-19(18)25-21)24-17-8-6-16(7-9-17)15(2)22(27)28/h6-9,12,14-15,23H,3-5,10-11,13H2,1-2H3,(H,24,25)(H,27,28)/t14?,15-/m1/s1. The fourth-order valence-electron chi connectivity index (χ4n) is 4.10. The predicted octanol–water partition coefficient (Wildman–Crippen LogP) is 3.30. The third kappa shape index (κ3) is 3.83. The zero-order chi connectivity index (χ0) is 19.7. The minimum absolute atomic E-state index is 0.462. The van der Waals surface area contributed by atoms with Crippen LogP contribution in [0.3, 0.4) is 0 Å². The Morgan fingerprint density at radius 3 is 2.82 bits per heavy atom. The molecule has 2 atom stereocenters. The molecule has 0 saturated carbocycles. The third-order valence-electron chi connectivity index (χ3n) is 5.79. The number of aromatic nitrogens is 1. The number of nitrogens with zero attached hydrogens (tertiary/aromatic N) is 2. The highest BCUT2D eigenvalue weighted by molar-refractivity contribution is 5.76. The number of carboxylic acids is 1. The van der Waals surface area contributed by atoms with E-state index in [1.807, 2.05) is 24.3 Å². The SMILES string of the molecule is CC1CN(c2cc(Nc3ccc([C@@H](C)C(=O)O)cc3)c3c(n2)CCC3)CCN1. The van der Waals surface area contributed by atoms with Crippen molar-refractivity contribution in [2.45, 2.75) is 45.1 Å². The van der Waals surface area contributed by atoms with Crippen molar-refractivity contribution in [3.05, 3.63) is 47.2 Å². The first kappa shape index (κ1) is 18.7. The molecule has 6 heteroatoms. The number of benzene rings is 1. The second-order valence-corrected chi connectivity index (χ2v) is 7.91. The molecule has 0 amide bonds. The molecule has 4 rings (SSSR count). The van der Waals surface area contributed by atoms with E-state index in [0.29, 0.717) is 6.04 Å². The van der Waals surface area contributed by atoms with Crippen molar-refractivity contribution >= 4 is 23.2 Å². The van der Waals surface area contributed by atoms with Crippen LogP contribution in [0.15, 0.2) is 30.3 Å². The maximum Gasteiger partial charge on any atom is 0.310 e. The Kier molecular flexibility index (Phi) is 5.22. The van der Waals surface area contributed by atoms with Gasteiger partial charge in [0.2, 0.25) is 0 Å². The van der Waals surface area contributed by atoms with Crippen molar-refractivity contribution in [3.8, 4) is 0 Å². The molecule has 1 unspecified atom stereocenters.